The fourth-order valence-corrected chi connectivity index (χ4v) is 2.04. The number of hydrogen-bond acceptors (Lipinski definition) is 5. The lowest BCUT2D eigenvalue weighted by molar-refractivity contribution is 0.187. The van der Waals surface area contributed by atoms with Crippen molar-refractivity contribution in [1.29, 1.82) is 0 Å². The topological polar surface area (TPSA) is 64.9 Å². The monoisotopic (exact) mass is 245 g/mol. The van der Waals surface area contributed by atoms with Crippen molar-refractivity contribution >= 4 is 5.69 Å². The molecule has 1 fully saturated rings. The first-order valence-corrected chi connectivity index (χ1v) is 6.07. The molecular formula is C12H15N5O. The fraction of sp³-hybridized carbons (Fsp3) is 0.417. The van der Waals surface area contributed by atoms with E-state index < -0.39 is 0 Å². The first-order valence-electron chi connectivity index (χ1n) is 6.07. The Morgan fingerprint density at radius 3 is 3.22 bits per heavy atom. The van der Waals surface area contributed by atoms with Gasteiger partial charge in [-0.15, -0.1) is 5.10 Å². The molecule has 6 nitrogen and oxygen atoms in total. The highest BCUT2D eigenvalue weighted by molar-refractivity contribution is 5.50. The number of aromatic nitrogens is 4. The average Bonchev–Trinajstić information content (AvgIpc) is 3.10. The second kappa shape index (κ2) is 5.14. The zero-order valence-electron chi connectivity index (χ0n) is 9.99. The summed E-state index contributed by atoms with van der Waals surface area (Å²) >= 11 is 0. The van der Waals surface area contributed by atoms with Gasteiger partial charge in [0.15, 0.2) is 0 Å². The molecule has 2 aromatic rings. The van der Waals surface area contributed by atoms with Crippen LogP contribution in [0.15, 0.2) is 30.6 Å². The lowest BCUT2D eigenvalue weighted by atomic mass is 10.1. The van der Waals surface area contributed by atoms with Crippen LogP contribution in [0, 0.1) is 5.92 Å². The lowest BCUT2D eigenvalue weighted by Gasteiger charge is -2.11. The minimum atomic E-state index is 0.613. The van der Waals surface area contributed by atoms with Crippen molar-refractivity contribution in [2.24, 2.45) is 5.92 Å². The molecule has 0 spiro atoms. The Morgan fingerprint density at radius 2 is 2.44 bits per heavy atom. The van der Waals surface area contributed by atoms with Gasteiger partial charge < -0.3 is 10.1 Å². The predicted molar refractivity (Wildman–Crippen MR) is 66.6 cm³/mol. The van der Waals surface area contributed by atoms with E-state index in [0.717, 1.165) is 37.6 Å². The van der Waals surface area contributed by atoms with Gasteiger partial charge in [-0.25, -0.2) is 4.68 Å². The van der Waals surface area contributed by atoms with Crippen LogP contribution >= 0.6 is 0 Å². The van der Waals surface area contributed by atoms with Crippen molar-refractivity contribution in [3.63, 3.8) is 0 Å². The van der Waals surface area contributed by atoms with Crippen LogP contribution in [0.1, 0.15) is 6.42 Å². The van der Waals surface area contributed by atoms with E-state index in [2.05, 4.69) is 20.8 Å². The summed E-state index contributed by atoms with van der Waals surface area (Å²) in [6.07, 6.45) is 2.73. The van der Waals surface area contributed by atoms with Crippen LogP contribution < -0.4 is 5.32 Å². The number of tetrazole rings is 1. The van der Waals surface area contributed by atoms with Gasteiger partial charge in [-0.1, -0.05) is 6.07 Å². The molecule has 1 aromatic heterocycles. The van der Waals surface area contributed by atoms with Gasteiger partial charge in [0.25, 0.3) is 0 Å². The molecule has 1 aliphatic rings. The zero-order chi connectivity index (χ0) is 12.2. The van der Waals surface area contributed by atoms with Gasteiger partial charge in [0, 0.05) is 24.8 Å². The Bertz CT molecular complexity index is 493. The second-order valence-corrected chi connectivity index (χ2v) is 4.42. The van der Waals surface area contributed by atoms with Gasteiger partial charge in [0.2, 0.25) is 0 Å². The molecule has 94 valence electrons. The third-order valence-corrected chi connectivity index (χ3v) is 3.08. The summed E-state index contributed by atoms with van der Waals surface area (Å²) in [5.74, 6) is 0.613. The van der Waals surface area contributed by atoms with Gasteiger partial charge in [-0.2, -0.15) is 0 Å². The molecule has 1 aromatic carbocycles. The van der Waals surface area contributed by atoms with E-state index >= 15 is 0 Å². The molecule has 6 heteroatoms. The zero-order valence-corrected chi connectivity index (χ0v) is 9.99. The molecule has 1 saturated heterocycles. The number of ether oxygens (including phenoxy) is 1. The molecule has 0 aliphatic carbocycles. The van der Waals surface area contributed by atoms with Crippen LogP contribution in [0.5, 0.6) is 0 Å². The summed E-state index contributed by atoms with van der Waals surface area (Å²) in [5, 5.41) is 14.6. The summed E-state index contributed by atoms with van der Waals surface area (Å²) in [6.45, 7) is 2.69. The molecule has 0 amide bonds. The third-order valence-electron chi connectivity index (χ3n) is 3.08. The molecule has 0 bridgehead atoms. The van der Waals surface area contributed by atoms with E-state index in [0.29, 0.717) is 5.92 Å². The number of rotatable bonds is 4. The molecule has 1 atom stereocenters. The Kier molecular flexibility index (Phi) is 3.18. The highest BCUT2D eigenvalue weighted by atomic mass is 16.5. The number of benzene rings is 1. The van der Waals surface area contributed by atoms with Crippen molar-refractivity contribution in [3.8, 4) is 5.69 Å². The van der Waals surface area contributed by atoms with Crippen LogP contribution in [0.3, 0.4) is 0 Å². The maximum Gasteiger partial charge on any atom is 0.143 e. The minimum absolute atomic E-state index is 0.613. The SMILES string of the molecule is c1cc(NCC2CCOC2)cc(-n2cnnn2)c1. The summed E-state index contributed by atoms with van der Waals surface area (Å²) in [5.41, 5.74) is 2.03. The predicted octanol–water partition coefficient (Wildman–Crippen LogP) is 1.11. The van der Waals surface area contributed by atoms with Crippen molar-refractivity contribution in [3.05, 3.63) is 30.6 Å². The number of nitrogens with zero attached hydrogens (tertiary/aromatic N) is 4. The van der Waals surface area contributed by atoms with Crippen LogP contribution in [-0.2, 0) is 4.74 Å². The lowest BCUT2D eigenvalue weighted by Crippen LogP contribution is -2.14. The van der Waals surface area contributed by atoms with Crippen LogP contribution in [0.4, 0.5) is 5.69 Å². The maximum atomic E-state index is 5.36. The van der Waals surface area contributed by atoms with Gasteiger partial charge >= 0.3 is 0 Å². The van der Waals surface area contributed by atoms with E-state index in [1.165, 1.54) is 0 Å². The summed E-state index contributed by atoms with van der Waals surface area (Å²) < 4.78 is 7.00. The maximum absolute atomic E-state index is 5.36. The van der Waals surface area contributed by atoms with Crippen LogP contribution in [0.25, 0.3) is 5.69 Å². The van der Waals surface area contributed by atoms with Crippen LogP contribution in [0.2, 0.25) is 0 Å². The summed E-state index contributed by atoms with van der Waals surface area (Å²) in [6, 6.07) is 8.04. The highest BCUT2D eigenvalue weighted by Gasteiger charge is 2.14. The van der Waals surface area contributed by atoms with Gasteiger partial charge in [0.05, 0.1) is 12.3 Å². The van der Waals surface area contributed by atoms with Gasteiger partial charge in [0.1, 0.15) is 6.33 Å². The quantitative estimate of drug-likeness (QED) is 0.874. The molecule has 2 heterocycles. The van der Waals surface area contributed by atoms with Crippen molar-refractivity contribution in [2.45, 2.75) is 6.42 Å². The minimum Gasteiger partial charge on any atom is -0.385 e. The number of anilines is 1. The standard InChI is InChI=1S/C12H15N5O/c1-2-11(13-7-10-4-5-18-8-10)6-12(3-1)17-9-14-15-16-17/h1-3,6,9-10,13H,4-5,7-8H2. The fourth-order valence-electron chi connectivity index (χ4n) is 2.04. The molecule has 18 heavy (non-hydrogen) atoms. The van der Waals surface area contributed by atoms with Crippen LogP contribution in [-0.4, -0.2) is 40.0 Å². The average molecular weight is 245 g/mol. The Hall–Kier alpha value is -1.95. The molecule has 1 N–H and O–H groups in total. The van der Waals surface area contributed by atoms with Crippen molar-refractivity contribution < 1.29 is 4.74 Å². The van der Waals surface area contributed by atoms with E-state index in [-0.39, 0.29) is 0 Å². The first kappa shape index (κ1) is 11.2. The summed E-state index contributed by atoms with van der Waals surface area (Å²) in [7, 11) is 0. The van der Waals surface area contributed by atoms with Crippen molar-refractivity contribution in [1.82, 2.24) is 20.2 Å². The molecule has 3 rings (SSSR count). The molecule has 0 saturated carbocycles. The normalized spacial score (nSPS) is 19.0. The molecule has 1 unspecified atom stereocenters. The van der Waals surface area contributed by atoms with E-state index in [1.807, 2.05) is 24.3 Å². The summed E-state index contributed by atoms with van der Waals surface area (Å²) in [4.78, 5) is 0. The highest BCUT2D eigenvalue weighted by Crippen LogP contribution is 2.16. The Labute approximate surface area is 105 Å². The molecule has 1 aliphatic heterocycles. The van der Waals surface area contributed by atoms with E-state index in [4.69, 9.17) is 4.74 Å². The van der Waals surface area contributed by atoms with E-state index in [9.17, 15) is 0 Å². The Morgan fingerprint density at radius 1 is 1.44 bits per heavy atom. The van der Waals surface area contributed by atoms with Crippen molar-refractivity contribution in [2.75, 3.05) is 25.1 Å². The molecule has 0 radical (unpaired) electrons. The number of hydrogen-bond donors (Lipinski definition) is 1. The van der Waals surface area contributed by atoms with Gasteiger partial charge in [-0.05, 0) is 35.0 Å². The number of nitrogens with one attached hydrogen (secondary N) is 1. The Balaban J connectivity index is 1.67. The second-order valence-electron chi connectivity index (χ2n) is 4.42. The van der Waals surface area contributed by atoms with Gasteiger partial charge in [-0.3, -0.25) is 0 Å². The van der Waals surface area contributed by atoms with E-state index in [1.54, 1.807) is 11.0 Å². The molecular weight excluding hydrogens is 230 g/mol. The smallest absolute Gasteiger partial charge is 0.143 e. The largest absolute Gasteiger partial charge is 0.385 e. The first-order chi connectivity index (χ1) is 8.92. The third kappa shape index (κ3) is 2.48.